The lowest BCUT2D eigenvalue weighted by molar-refractivity contribution is -0.146. The van der Waals surface area contributed by atoms with Crippen LogP contribution in [0.2, 0.25) is 0 Å². The Balaban J connectivity index is 1.58. The fraction of sp³-hybridized carbons (Fsp3) is 0.600. The number of carboxylic acids is 1. The van der Waals surface area contributed by atoms with Crippen LogP contribution < -0.4 is 4.74 Å². The topological polar surface area (TPSA) is 82.9 Å². The maximum Gasteiger partial charge on any atom is 0.308 e. The molecule has 0 amide bonds. The van der Waals surface area contributed by atoms with Crippen LogP contribution in [-0.4, -0.2) is 64.3 Å². The number of hydrogen-bond acceptors (Lipinski definition) is 6. The van der Waals surface area contributed by atoms with Crippen LogP contribution in [0.4, 0.5) is 0 Å². The van der Waals surface area contributed by atoms with Crippen molar-refractivity contribution in [2.75, 3.05) is 38.2 Å². The molecule has 32 heavy (non-hydrogen) atoms. The van der Waals surface area contributed by atoms with Crippen molar-refractivity contribution in [3.63, 3.8) is 0 Å². The lowest BCUT2D eigenvalue weighted by Gasteiger charge is -2.37. The molecule has 0 unspecified atom stereocenters. The number of ether oxygens (including phenoxy) is 1. The summed E-state index contributed by atoms with van der Waals surface area (Å²) in [6.45, 7) is 4.73. The van der Waals surface area contributed by atoms with Gasteiger partial charge in [-0.25, -0.2) is 0 Å². The molecule has 1 fully saturated rings. The van der Waals surface area contributed by atoms with Crippen molar-refractivity contribution in [1.82, 2.24) is 9.88 Å². The zero-order valence-corrected chi connectivity index (χ0v) is 20.0. The maximum absolute atomic E-state index is 12.0. The van der Waals surface area contributed by atoms with Crippen LogP contribution in [0, 0.1) is 11.8 Å². The molecule has 6 nitrogen and oxygen atoms in total. The monoisotopic (exact) mass is 460 g/mol. The number of carbonyl (C=O) groups is 1. The lowest BCUT2D eigenvalue weighted by Crippen LogP contribution is -2.44. The molecule has 0 spiro atoms. The Morgan fingerprint density at radius 1 is 1.34 bits per heavy atom. The molecule has 2 aromatic rings. The largest absolute Gasteiger partial charge is 0.497 e. The molecule has 0 radical (unpaired) electrons. The Labute approximate surface area is 195 Å². The number of benzene rings is 1. The van der Waals surface area contributed by atoms with Gasteiger partial charge in [0.2, 0.25) is 0 Å². The van der Waals surface area contributed by atoms with E-state index in [4.69, 9.17) is 4.74 Å². The van der Waals surface area contributed by atoms with Gasteiger partial charge in [-0.15, -0.1) is 0 Å². The highest BCUT2D eigenvalue weighted by Gasteiger charge is 2.34. The molecule has 2 heterocycles. The average molecular weight is 461 g/mol. The third-order valence-electron chi connectivity index (χ3n) is 6.42. The number of aliphatic hydroxyl groups is 1. The first-order valence-electron chi connectivity index (χ1n) is 11.7. The first-order valence-corrected chi connectivity index (χ1v) is 12.8. The summed E-state index contributed by atoms with van der Waals surface area (Å²) in [6.07, 6.45) is 5.48. The number of aliphatic carboxylic acids is 1. The van der Waals surface area contributed by atoms with Gasteiger partial charge in [0.25, 0.3) is 0 Å². The highest BCUT2D eigenvalue weighted by molar-refractivity contribution is 7.99. The van der Waals surface area contributed by atoms with Crippen molar-refractivity contribution in [2.45, 2.75) is 45.1 Å². The summed E-state index contributed by atoms with van der Waals surface area (Å²) in [6, 6.07) is 7.50. The number of piperidine rings is 1. The molecular weight excluding hydrogens is 424 g/mol. The molecule has 1 aromatic heterocycles. The summed E-state index contributed by atoms with van der Waals surface area (Å²) < 4.78 is 5.33. The summed E-state index contributed by atoms with van der Waals surface area (Å²) in [7, 11) is 1.62. The number of aromatic nitrogens is 1. The Bertz CT molecular complexity index is 878. The highest BCUT2D eigenvalue weighted by atomic mass is 32.2. The van der Waals surface area contributed by atoms with E-state index in [0.717, 1.165) is 53.9 Å². The van der Waals surface area contributed by atoms with Gasteiger partial charge in [-0.05, 0) is 92.4 Å². The second-order valence-corrected chi connectivity index (χ2v) is 9.86. The Morgan fingerprint density at radius 2 is 2.19 bits per heavy atom. The third kappa shape index (κ3) is 6.59. The van der Waals surface area contributed by atoms with Crippen molar-refractivity contribution in [1.29, 1.82) is 0 Å². The average Bonchev–Trinajstić information content (AvgIpc) is 2.81. The molecule has 1 aliphatic rings. The zero-order valence-electron chi connectivity index (χ0n) is 19.2. The number of rotatable bonds is 12. The SMILES string of the molecule is CCCSCCCN1CC[C@@H](CC[C@@H](O)c2ccnc3ccc(OC)cc23)[C@@H](C(=O)O)C1. The van der Waals surface area contributed by atoms with Crippen molar-refractivity contribution >= 4 is 28.6 Å². The standard InChI is InChI=1S/C25H36N2O4S/c1-3-14-32-15-4-12-27-13-10-18(22(17-27)25(29)30)5-8-24(28)20-9-11-26-23-7-6-19(31-2)16-21(20)23/h6-7,9,11,16,18,22,24,28H,3-5,8,10,12-15,17H2,1-2H3,(H,29,30)/t18-,22+,24-/m1/s1. The molecule has 0 aliphatic carbocycles. The number of aliphatic hydroxyl groups excluding tert-OH is 1. The molecule has 0 bridgehead atoms. The van der Waals surface area contributed by atoms with Gasteiger partial charge in [0.1, 0.15) is 5.75 Å². The minimum absolute atomic E-state index is 0.0931. The summed E-state index contributed by atoms with van der Waals surface area (Å²) in [5, 5.41) is 21.7. The van der Waals surface area contributed by atoms with E-state index < -0.39 is 12.1 Å². The minimum atomic E-state index is -0.714. The first-order chi connectivity index (χ1) is 15.5. The lowest BCUT2D eigenvalue weighted by atomic mass is 9.81. The molecule has 1 saturated heterocycles. The molecule has 7 heteroatoms. The predicted molar refractivity (Wildman–Crippen MR) is 130 cm³/mol. The molecule has 1 aromatic carbocycles. The molecule has 0 saturated carbocycles. The predicted octanol–water partition coefficient (Wildman–Crippen LogP) is 4.61. The third-order valence-corrected chi connectivity index (χ3v) is 7.70. The summed E-state index contributed by atoms with van der Waals surface area (Å²) in [5.41, 5.74) is 1.64. The Hall–Kier alpha value is -1.83. The number of methoxy groups -OCH3 is 1. The van der Waals surface area contributed by atoms with E-state index in [-0.39, 0.29) is 11.8 Å². The van der Waals surface area contributed by atoms with E-state index in [9.17, 15) is 15.0 Å². The Kier molecular flexibility index (Phi) is 9.63. The molecule has 1 aliphatic heterocycles. The molecular formula is C25H36N2O4S. The molecule has 2 N–H and O–H groups in total. The van der Waals surface area contributed by atoms with E-state index in [1.54, 1.807) is 13.3 Å². The fourth-order valence-electron chi connectivity index (χ4n) is 4.62. The van der Waals surface area contributed by atoms with E-state index in [2.05, 4.69) is 16.8 Å². The van der Waals surface area contributed by atoms with Crippen molar-refractivity contribution in [2.24, 2.45) is 11.8 Å². The normalized spacial score (nSPS) is 20.3. The quantitative estimate of drug-likeness (QED) is 0.448. The van der Waals surface area contributed by atoms with Crippen LogP contribution in [0.25, 0.3) is 10.9 Å². The number of pyridine rings is 1. The Morgan fingerprint density at radius 3 is 2.94 bits per heavy atom. The van der Waals surface area contributed by atoms with Gasteiger partial charge in [-0.3, -0.25) is 9.78 Å². The zero-order chi connectivity index (χ0) is 22.9. The van der Waals surface area contributed by atoms with Crippen LogP contribution in [0.15, 0.2) is 30.5 Å². The van der Waals surface area contributed by atoms with E-state index in [0.29, 0.717) is 19.4 Å². The van der Waals surface area contributed by atoms with Crippen LogP contribution in [0.1, 0.15) is 50.7 Å². The van der Waals surface area contributed by atoms with Gasteiger partial charge in [0.05, 0.1) is 24.6 Å². The summed E-state index contributed by atoms with van der Waals surface area (Å²) in [5.74, 6) is 2.08. The first kappa shape index (κ1) is 24.8. The number of likely N-dealkylation sites (tertiary alicyclic amines) is 1. The fourth-order valence-corrected chi connectivity index (χ4v) is 5.45. The number of hydrogen-bond donors (Lipinski definition) is 2. The van der Waals surface area contributed by atoms with Gasteiger partial charge >= 0.3 is 5.97 Å². The van der Waals surface area contributed by atoms with E-state index in [1.807, 2.05) is 36.0 Å². The maximum atomic E-state index is 12.0. The van der Waals surface area contributed by atoms with Crippen molar-refractivity contribution < 1.29 is 19.7 Å². The van der Waals surface area contributed by atoms with Crippen molar-refractivity contribution in [3.05, 3.63) is 36.0 Å². The van der Waals surface area contributed by atoms with Crippen LogP contribution in [-0.2, 0) is 4.79 Å². The van der Waals surface area contributed by atoms with E-state index in [1.165, 1.54) is 12.2 Å². The minimum Gasteiger partial charge on any atom is -0.497 e. The smallest absolute Gasteiger partial charge is 0.308 e. The summed E-state index contributed by atoms with van der Waals surface area (Å²) >= 11 is 1.98. The van der Waals surface area contributed by atoms with Crippen molar-refractivity contribution in [3.8, 4) is 5.75 Å². The molecule has 3 rings (SSSR count). The van der Waals surface area contributed by atoms with Gasteiger partial charge in [0, 0.05) is 18.1 Å². The summed E-state index contributed by atoms with van der Waals surface area (Å²) in [4.78, 5) is 18.7. The number of nitrogens with zero attached hydrogens (tertiary/aromatic N) is 2. The number of fused-ring (bicyclic) bond motifs is 1. The van der Waals surface area contributed by atoms with Gasteiger partial charge < -0.3 is 19.8 Å². The van der Waals surface area contributed by atoms with Gasteiger partial charge in [-0.2, -0.15) is 11.8 Å². The molecule has 176 valence electrons. The highest BCUT2D eigenvalue weighted by Crippen LogP contribution is 2.33. The second-order valence-electron chi connectivity index (χ2n) is 8.64. The van der Waals surface area contributed by atoms with E-state index >= 15 is 0 Å². The van der Waals surface area contributed by atoms with Crippen LogP contribution >= 0.6 is 11.8 Å². The van der Waals surface area contributed by atoms with Crippen LogP contribution in [0.3, 0.4) is 0 Å². The van der Waals surface area contributed by atoms with Gasteiger partial charge in [-0.1, -0.05) is 6.92 Å². The molecule has 3 atom stereocenters. The number of thioether (sulfide) groups is 1. The van der Waals surface area contributed by atoms with Crippen LogP contribution in [0.5, 0.6) is 5.75 Å². The second kappa shape index (κ2) is 12.4. The van der Waals surface area contributed by atoms with Gasteiger partial charge in [0.15, 0.2) is 0 Å². The number of carboxylic acid groups (broad SMARTS) is 1.